The monoisotopic (exact) mass is 312 g/mol. The van der Waals surface area contributed by atoms with Crippen molar-refractivity contribution in [2.75, 3.05) is 13.2 Å². The maximum absolute atomic E-state index is 11.8. The fourth-order valence-electron chi connectivity index (χ4n) is 1.91. The zero-order valence-electron chi connectivity index (χ0n) is 12.4. The largest absolute Gasteiger partial charge is 0.390 e. The fourth-order valence-corrected chi connectivity index (χ4v) is 1.91. The number of nitrogens with one attached hydrogen (secondary N) is 1. The predicted molar refractivity (Wildman–Crippen MR) is 84.5 cm³/mol. The van der Waals surface area contributed by atoms with Crippen molar-refractivity contribution in [2.24, 2.45) is 10.3 Å². The van der Waals surface area contributed by atoms with Crippen molar-refractivity contribution in [3.8, 4) is 6.07 Å². The van der Waals surface area contributed by atoms with E-state index < -0.39 is 5.91 Å². The number of rotatable bonds is 7. The molecule has 0 saturated carbocycles. The SMILES string of the molecule is C=CCO/N=C(\C#N)C(=O)NCC1=NOC(c2ccccc2)C1. The molecule has 1 aromatic rings. The summed E-state index contributed by atoms with van der Waals surface area (Å²) in [5.74, 6) is -0.623. The van der Waals surface area contributed by atoms with Crippen LogP contribution in [0.1, 0.15) is 18.1 Å². The first kappa shape index (κ1) is 16.2. The van der Waals surface area contributed by atoms with Gasteiger partial charge in [0, 0.05) is 6.42 Å². The Morgan fingerprint density at radius 1 is 1.57 bits per heavy atom. The van der Waals surface area contributed by atoms with Crippen LogP contribution in [0.4, 0.5) is 0 Å². The van der Waals surface area contributed by atoms with E-state index in [1.54, 1.807) is 6.07 Å². The lowest BCUT2D eigenvalue weighted by molar-refractivity contribution is -0.114. The molecule has 1 aromatic carbocycles. The highest BCUT2D eigenvalue weighted by molar-refractivity contribution is 6.45. The van der Waals surface area contributed by atoms with Crippen LogP contribution < -0.4 is 5.32 Å². The summed E-state index contributed by atoms with van der Waals surface area (Å²) in [5.41, 5.74) is 1.36. The van der Waals surface area contributed by atoms with Gasteiger partial charge < -0.3 is 15.0 Å². The van der Waals surface area contributed by atoms with Gasteiger partial charge in [-0.2, -0.15) is 5.26 Å². The van der Waals surface area contributed by atoms with Gasteiger partial charge in [0.1, 0.15) is 12.7 Å². The summed E-state index contributed by atoms with van der Waals surface area (Å²) < 4.78 is 0. The lowest BCUT2D eigenvalue weighted by Crippen LogP contribution is -2.34. The molecule has 7 heteroatoms. The molecule has 1 heterocycles. The zero-order chi connectivity index (χ0) is 16.5. The minimum atomic E-state index is -0.623. The first-order valence-electron chi connectivity index (χ1n) is 7.00. The quantitative estimate of drug-likeness (QED) is 0.359. The third-order valence-corrected chi connectivity index (χ3v) is 3.02. The minimum Gasteiger partial charge on any atom is -0.390 e. The van der Waals surface area contributed by atoms with Gasteiger partial charge in [0.15, 0.2) is 6.10 Å². The Balaban J connectivity index is 1.82. The molecule has 0 saturated heterocycles. The first-order chi connectivity index (χ1) is 11.2. The Bertz CT molecular complexity index is 662. The molecular weight excluding hydrogens is 296 g/mol. The van der Waals surface area contributed by atoms with Gasteiger partial charge in [-0.1, -0.05) is 53.3 Å². The van der Waals surface area contributed by atoms with E-state index in [-0.39, 0.29) is 25.0 Å². The van der Waals surface area contributed by atoms with Crippen LogP contribution >= 0.6 is 0 Å². The Kier molecular flexibility index (Phi) is 5.89. The van der Waals surface area contributed by atoms with E-state index >= 15 is 0 Å². The number of oxime groups is 2. The Labute approximate surface area is 133 Å². The van der Waals surface area contributed by atoms with E-state index in [1.807, 2.05) is 30.3 Å². The number of nitriles is 1. The van der Waals surface area contributed by atoms with Crippen molar-refractivity contribution < 1.29 is 14.5 Å². The highest BCUT2D eigenvalue weighted by atomic mass is 16.6. The molecule has 1 N–H and O–H groups in total. The fraction of sp³-hybridized carbons (Fsp3) is 0.250. The second-order valence-electron chi connectivity index (χ2n) is 4.69. The van der Waals surface area contributed by atoms with Crippen LogP contribution in [0.3, 0.4) is 0 Å². The predicted octanol–water partition coefficient (Wildman–Crippen LogP) is 1.70. The standard InChI is InChI=1S/C16H16N4O3/c1-2-8-22-20-14(10-17)16(21)18-11-13-9-15(23-19-13)12-6-4-3-5-7-12/h2-7,15H,1,8-9,11H2,(H,18,21)/b20-14+. The van der Waals surface area contributed by atoms with E-state index in [2.05, 4.69) is 22.2 Å². The van der Waals surface area contributed by atoms with Crippen LogP contribution in [0.15, 0.2) is 53.3 Å². The third-order valence-electron chi connectivity index (χ3n) is 3.02. The number of nitrogens with zero attached hydrogens (tertiary/aromatic N) is 3. The van der Waals surface area contributed by atoms with Crippen LogP contribution in [0.25, 0.3) is 0 Å². The minimum absolute atomic E-state index is 0.123. The first-order valence-corrected chi connectivity index (χ1v) is 7.00. The van der Waals surface area contributed by atoms with Crippen LogP contribution in [-0.2, 0) is 14.5 Å². The van der Waals surface area contributed by atoms with Gasteiger partial charge >= 0.3 is 0 Å². The van der Waals surface area contributed by atoms with E-state index in [9.17, 15) is 4.79 Å². The highest BCUT2D eigenvalue weighted by Gasteiger charge is 2.23. The second kappa shape index (κ2) is 8.34. The molecule has 0 spiro atoms. The number of carbonyl (C=O) groups is 1. The number of carbonyl (C=O) groups excluding carboxylic acids is 1. The van der Waals surface area contributed by atoms with Gasteiger partial charge in [-0.25, -0.2) is 0 Å². The Hall–Kier alpha value is -3.14. The van der Waals surface area contributed by atoms with Crippen LogP contribution in [0.5, 0.6) is 0 Å². The second-order valence-corrected chi connectivity index (χ2v) is 4.69. The average Bonchev–Trinajstić information content (AvgIpc) is 3.06. The van der Waals surface area contributed by atoms with Gasteiger partial charge in [0.05, 0.1) is 12.3 Å². The molecule has 0 fully saturated rings. The zero-order valence-corrected chi connectivity index (χ0v) is 12.4. The van der Waals surface area contributed by atoms with Gasteiger partial charge in [-0.05, 0) is 5.56 Å². The molecule has 0 aliphatic carbocycles. The summed E-state index contributed by atoms with van der Waals surface area (Å²) in [5, 5.41) is 18.8. The van der Waals surface area contributed by atoms with Gasteiger partial charge in [0.2, 0.25) is 5.71 Å². The highest BCUT2D eigenvalue weighted by Crippen LogP contribution is 2.26. The summed E-state index contributed by atoms with van der Waals surface area (Å²) in [7, 11) is 0. The van der Waals surface area contributed by atoms with Gasteiger partial charge in [-0.15, -0.1) is 0 Å². The lowest BCUT2D eigenvalue weighted by Gasteiger charge is -2.07. The van der Waals surface area contributed by atoms with Crippen LogP contribution in [-0.4, -0.2) is 30.5 Å². The van der Waals surface area contributed by atoms with Crippen molar-refractivity contribution in [1.82, 2.24) is 5.32 Å². The van der Waals surface area contributed by atoms with Crippen molar-refractivity contribution in [2.45, 2.75) is 12.5 Å². The van der Waals surface area contributed by atoms with Crippen molar-refractivity contribution in [1.29, 1.82) is 5.26 Å². The van der Waals surface area contributed by atoms with Gasteiger partial charge in [-0.3, -0.25) is 4.79 Å². The molecule has 23 heavy (non-hydrogen) atoms. The van der Waals surface area contributed by atoms with Gasteiger partial charge in [0.25, 0.3) is 5.91 Å². The molecular formula is C16H16N4O3. The van der Waals surface area contributed by atoms with Crippen molar-refractivity contribution in [3.05, 3.63) is 48.6 Å². The topological polar surface area (TPSA) is 96.1 Å². The Morgan fingerprint density at radius 3 is 3.04 bits per heavy atom. The molecule has 7 nitrogen and oxygen atoms in total. The molecule has 2 rings (SSSR count). The number of hydrogen-bond donors (Lipinski definition) is 1. The van der Waals surface area contributed by atoms with Crippen molar-refractivity contribution in [3.63, 3.8) is 0 Å². The molecule has 1 unspecified atom stereocenters. The summed E-state index contributed by atoms with van der Waals surface area (Å²) >= 11 is 0. The van der Waals surface area contributed by atoms with Crippen molar-refractivity contribution >= 4 is 17.3 Å². The van der Waals surface area contributed by atoms with Crippen LogP contribution in [0, 0.1) is 11.3 Å². The number of hydrogen-bond acceptors (Lipinski definition) is 6. The average molecular weight is 312 g/mol. The molecule has 0 aromatic heterocycles. The summed E-state index contributed by atoms with van der Waals surface area (Å²) in [6, 6.07) is 11.4. The lowest BCUT2D eigenvalue weighted by atomic mass is 10.0. The molecule has 1 atom stereocenters. The molecule has 1 aliphatic heterocycles. The van der Waals surface area contributed by atoms with E-state index in [1.165, 1.54) is 6.08 Å². The summed E-state index contributed by atoms with van der Waals surface area (Å²) in [6.07, 6.45) is 1.89. The Morgan fingerprint density at radius 2 is 2.35 bits per heavy atom. The summed E-state index contributed by atoms with van der Waals surface area (Å²) in [6.45, 7) is 3.75. The van der Waals surface area contributed by atoms with E-state index in [4.69, 9.17) is 14.9 Å². The summed E-state index contributed by atoms with van der Waals surface area (Å²) in [4.78, 5) is 21.9. The normalized spacial score (nSPS) is 16.7. The maximum atomic E-state index is 11.8. The third kappa shape index (κ3) is 4.68. The van der Waals surface area contributed by atoms with E-state index in [0.717, 1.165) is 5.56 Å². The smallest absolute Gasteiger partial charge is 0.284 e. The number of amides is 1. The number of benzene rings is 1. The van der Waals surface area contributed by atoms with E-state index in [0.29, 0.717) is 12.1 Å². The molecule has 118 valence electrons. The maximum Gasteiger partial charge on any atom is 0.284 e. The molecule has 0 radical (unpaired) electrons. The molecule has 1 amide bonds. The molecule has 0 bridgehead atoms. The molecule has 1 aliphatic rings. The van der Waals surface area contributed by atoms with Crippen LogP contribution in [0.2, 0.25) is 0 Å².